The number of fused-ring (bicyclic) bond motifs is 1. The van der Waals surface area contributed by atoms with E-state index in [2.05, 4.69) is 10.3 Å². The number of aromatic nitrogens is 3. The van der Waals surface area contributed by atoms with E-state index in [1.807, 2.05) is 72.9 Å². The van der Waals surface area contributed by atoms with Crippen LogP contribution in [-0.4, -0.2) is 32.7 Å². The lowest BCUT2D eigenvalue weighted by molar-refractivity contribution is -0.137. The van der Waals surface area contributed by atoms with Crippen molar-refractivity contribution in [2.75, 3.05) is 6.61 Å². The van der Waals surface area contributed by atoms with Crippen LogP contribution in [0.15, 0.2) is 79.0 Å². The lowest BCUT2D eigenvalue weighted by atomic mass is 9.98. The van der Waals surface area contributed by atoms with Crippen LogP contribution in [0.3, 0.4) is 0 Å². The van der Waals surface area contributed by atoms with Gasteiger partial charge in [0.25, 0.3) is 0 Å². The highest BCUT2D eigenvalue weighted by molar-refractivity contribution is 5.68. The third kappa shape index (κ3) is 5.01. The fourth-order valence-corrected chi connectivity index (χ4v) is 3.81. The minimum absolute atomic E-state index is 0.0520. The summed E-state index contributed by atoms with van der Waals surface area (Å²) in [6.07, 6.45) is 1.86. The molecule has 8 heteroatoms. The van der Waals surface area contributed by atoms with Crippen LogP contribution in [0.4, 0.5) is 0 Å². The maximum absolute atomic E-state index is 11.0. The summed E-state index contributed by atoms with van der Waals surface area (Å²) >= 11 is 0. The van der Waals surface area contributed by atoms with Gasteiger partial charge in [-0.3, -0.25) is 4.79 Å². The van der Waals surface area contributed by atoms with Gasteiger partial charge in [0.05, 0.1) is 24.9 Å². The van der Waals surface area contributed by atoms with Crippen molar-refractivity contribution in [3.63, 3.8) is 0 Å². The van der Waals surface area contributed by atoms with Crippen LogP contribution in [0.2, 0.25) is 0 Å². The van der Waals surface area contributed by atoms with Gasteiger partial charge in [0.15, 0.2) is 0 Å². The SMILES string of the molecule is O=C(O)CC1COc2cc(OCc3cn(-c4ccc(OCc5ccccc5)cc4)nn3)ccc21. The van der Waals surface area contributed by atoms with Gasteiger partial charge in [-0.05, 0) is 35.9 Å². The average Bonchev–Trinajstić information content (AvgIpc) is 3.49. The molecule has 0 radical (unpaired) electrons. The molecule has 1 aliphatic rings. The number of benzene rings is 3. The quantitative estimate of drug-likeness (QED) is 0.399. The topological polar surface area (TPSA) is 95.7 Å². The van der Waals surface area contributed by atoms with E-state index in [4.69, 9.17) is 19.3 Å². The zero-order valence-electron chi connectivity index (χ0n) is 18.3. The molecule has 1 atom stereocenters. The van der Waals surface area contributed by atoms with E-state index in [1.54, 1.807) is 10.7 Å². The van der Waals surface area contributed by atoms with Gasteiger partial charge in [0.1, 0.15) is 36.2 Å². The second-order valence-corrected chi connectivity index (χ2v) is 8.02. The Kier molecular flexibility index (Phi) is 6.11. The Balaban J connectivity index is 1.17. The standard InChI is InChI=1S/C26H23N3O5/c30-26(31)12-19-16-34-25-13-23(10-11-24(19)25)33-17-20-14-29(28-27-20)21-6-8-22(9-7-21)32-15-18-4-2-1-3-5-18/h1-11,13-14,19H,12,15-17H2,(H,30,31). The zero-order chi connectivity index (χ0) is 23.3. The van der Waals surface area contributed by atoms with Crippen LogP contribution < -0.4 is 14.2 Å². The number of ether oxygens (including phenoxy) is 3. The highest BCUT2D eigenvalue weighted by atomic mass is 16.5. The normalized spacial score (nSPS) is 14.3. The summed E-state index contributed by atoms with van der Waals surface area (Å²) in [6, 6.07) is 23.1. The molecule has 4 aromatic rings. The van der Waals surface area contributed by atoms with E-state index in [9.17, 15) is 4.79 Å². The molecule has 0 fully saturated rings. The van der Waals surface area contributed by atoms with E-state index in [-0.39, 0.29) is 18.9 Å². The summed E-state index contributed by atoms with van der Waals surface area (Å²) in [7, 11) is 0. The molecule has 0 amide bonds. The summed E-state index contributed by atoms with van der Waals surface area (Å²) in [5.41, 5.74) is 3.55. The zero-order valence-corrected chi connectivity index (χ0v) is 18.3. The van der Waals surface area contributed by atoms with Crippen molar-refractivity contribution in [2.24, 2.45) is 0 Å². The largest absolute Gasteiger partial charge is 0.492 e. The molecule has 1 aromatic heterocycles. The Morgan fingerprint density at radius 2 is 1.76 bits per heavy atom. The number of nitrogens with zero attached hydrogens (tertiary/aromatic N) is 3. The number of carboxylic acid groups (broad SMARTS) is 1. The Labute approximate surface area is 196 Å². The molecule has 0 spiro atoms. The first-order chi connectivity index (χ1) is 16.6. The maximum atomic E-state index is 11.0. The molecule has 5 rings (SSSR count). The first kappa shape index (κ1) is 21.5. The molecule has 0 bridgehead atoms. The van der Waals surface area contributed by atoms with Gasteiger partial charge in [0, 0.05) is 17.5 Å². The summed E-state index contributed by atoms with van der Waals surface area (Å²) in [5, 5.41) is 17.4. The van der Waals surface area contributed by atoms with Gasteiger partial charge in [-0.15, -0.1) is 5.10 Å². The molecule has 1 N–H and O–H groups in total. The third-order valence-corrected chi connectivity index (χ3v) is 5.56. The third-order valence-electron chi connectivity index (χ3n) is 5.56. The monoisotopic (exact) mass is 457 g/mol. The molecule has 172 valence electrons. The van der Waals surface area contributed by atoms with Crippen molar-refractivity contribution >= 4 is 5.97 Å². The van der Waals surface area contributed by atoms with Crippen LogP contribution in [0.25, 0.3) is 5.69 Å². The number of rotatable bonds is 9. The molecular formula is C26H23N3O5. The number of hydrogen-bond donors (Lipinski definition) is 1. The second kappa shape index (κ2) is 9.66. The van der Waals surface area contributed by atoms with Gasteiger partial charge in [-0.1, -0.05) is 41.6 Å². The van der Waals surface area contributed by atoms with E-state index in [1.165, 1.54) is 0 Å². The van der Waals surface area contributed by atoms with E-state index in [0.29, 0.717) is 30.4 Å². The maximum Gasteiger partial charge on any atom is 0.304 e. The molecule has 0 saturated heterocycles. The number of carboxylic acids is 1. The average molecular weight is 457 g/mol. The van der Waals surface area contributed by atoms with Crippen LogP contribution in [0.5, 0.6) is 17.2 Å². The van der Waals surface area contributed by atoms with Gasteiger partial charge >= 0.3 is 5.97 Å². The van der Waals surface area contributed by atoms with E-state index < -0.39 is 5.97 Å². The number of hydrogen-bond acceptors (Lipinski definition) is 6. The minimum Gasteiger partial charge on any atom is -0.492 e. The van der Waals surface area contributed by atoms with Gasteiger partial charge in [-0.25, -0.2) is 4.68 Å². The van der Waals surface area contributed by atoms with Crippen molar-refractivity contribution < 1.29 is 24.1 Å². The molecular weight excluding hydrogens is 434 g/mol. The van der Waals surface area contributed by atoms with Crippen molar-refractivity contribution in [1.29, 1.82) is 0 Å². The first-order valence-electron chi connectivity index (χ1n) is 10.9. The van der Waals surface area contributed by atoms with E-state index in [0.717, 1.165) is 22.6 Å². The Hall–Kier alpha value is -4.33. The molecule has 0 saturated carbocycles. The van der Waals surface area contributed by atoms with Gasteiger partial charge in [-0.2, -0.15) is 0 Å². The lowest BCUT2D eigenvalue weighted by Crippen LogP contribution is -2.07. The number of carbonyl (C=O) groups is 1. The van der Waals surface area contributed by atoms with Crippen molar-refractivity contribution in [2.45, 2.75) is 25.6 Å². The summed E-state index contributed by atoms with van der Waals surface area (Å²) in [4.78, 5) is 11.0. The van der Waals surface area contributed by atoms with Crippen molar-refractivity contribution in [3.05, 3.63) is 95.8 Å². The first-order valence-corrected chi connectivity index (χ1v) is 10.9. The van der Waals surface area contributed by atoms with Gasteiger partial charge < -0.3 is 19.3 Å². The molecule has 1 aliphatic heterocycles. The predicted molar refractivity (Wildman–Crippen MR) is 123 cm³/mol. The summed E-state index contributed by atoms with van der Waals surface area (Å²) in [6.45, 7) is 1.13. The highest BCUT2D eigenvalue weighted by Gasteiger charge is 2.26. The van der Waals surface area contributed by atoms with Crippen LogP contribution in [0, 0.1) is 0 Å². The Bertz CT molecular complexity index is 1270. The number of aliphatic carboxylic acids is 1. The Morgan fingerprint density at radius 1 is 1.00 bits per heavy atom. The van der Waals surface area contributed by atoms with Crippen molar-refractivity contribution in [1.82, 2.24) is 15.0 Å². The van der Waals surface area contributed by atoms with Crippen LogP contribution in [-0.2, 0) is 18.0 Å². The van der Waals surface area contributed by atoms with Crippen LogP contribution >= 0.6 is 0 Å². The van der Waals surface area contributed by atoms with Crippen molar-refractivity contribution in [3.8, 4) is 22.9 Å². The molecule has 0 aliphatic carbocycles. The second-order valence-electron chi connectivity index (χ2n) is 8.02. The molecule has 1 unspecified atom stereocenters. The fourth-order valence-electron chi connectivity index (χ4n) is 3.81. The summed E-state index contributed by atoms with van der Waals surface area (Å²) in [5.74, 6) is 1.11. The highest BCUT2D eigenvalue weighted by Crippen LogP contribution is 2.38. The minimum atomic E-state index is -0.834. The fraction of sp³-hybridized carbons (Fsp3) is 0.192. The Morgan fingerprint density at radius 3 is 2.56 bits per heavy atom. The summed E-state index contributed by atoms with van der Waals surface area (Å²) < 4.78 is 19.0. The predicted octanol–water partition coefficient (Wildman–Crippen LogP) is 4.38. The van der Waals surface area contributed by atoms with Crippen LogP contribution in [0.1, 0.15) is 29.2 Å². The molecule has 34 heavy (non-hydrogen) atoms. The smallest absolute Gasteiger partial charge is 0.304 e. The van der Waals surface area contributed by atoms with Gasteiger partial charge in [0.2, 0.25) is 0 Å². The molecule has 3 aromatic carbocycles. The van der Waals surface area contributed by atoms with E-state index >= 15 is 0 Å². The molecule has 2 heterocycles. The lowest BCUT2D eigenvalue weighted by Gasteiger charge is -2.08. The molecule has 8 nitrogen and oxygen atoms in total.